The second kappa shape index (κ2) is 4.92. The Morgan fingerprint density at radius 3 is 2.68 bits per heavy atom. The topological polar surface area (TPSA) is 38.3 Å². The van der Waals surface area contributed by atoms with Crippen LogP contribution in [0.3, 0.4) is 0 Å². The summed E-state index contributed by atoms with van der Waals surface area (Å²) in [5, 5.41) is 5.67. The highest BCUT2D eigenvalue weighted by Gasteiger charge is 2.37. The van der Waals surface area contributed by atoms with E-state index >= 15 is 0 Å². The van der Waals surface area contributed by atoms with E-state index in [0.29, 0.717) is 5.92 Å². The molecule has 0 bridgehead atoms. The molecule has 0 aromatic heterocycles. The van der Waals surface area contributed by atoms with Crippen LogP contribution in [-0.4, -0.2) is 19.1 Å². The lowest BCUT2D eigenvalue weighted by molar-refractivity contribution is -0.142. The number of ether oxygens (including phenoxy) is 1. The molecule has 1 N–H and O–H groups in total. The number of hydrogen-bond acceptors (Lipinski definition) is 3. The van der Waals surface area contributed by atoms with Crippen LogP contribution in [0.2, 0.25) is 0 Å². The summed E-state index contributed by atoms with van der Waals surface area (Å²) in [5.74, 6) is 0.238. The first-order chi connectivity index (χ1) is 9.29. The zero-order valence-corrected chi connectivity index (χ0v) is 10.9. The van der Waals surface area contributed by atoms with Crippen LogP contribution < -0.4 is 5.32 Å². The average molecular weight is 255 g/mol. The molecule has 0 heterocycles. The number of carbonyl (C=O) groups is 1. The van der Waals surface area contributed by atoms with E-state index in [1.165, 1.54) is 12.5 Å². The molecule has 0 radical (unpaired) electrons. The fourth-order valence-electron chi connectivity index (χ4n) is 2.44. The van der Waals surface area contributed by atoms with Gasteiger partial charge in [-0.3, -0.25) is 0 Å². The normalized spacial score (nSPS) is 16.1. The van der Waals surface area contributed by atoms with Gasteiger partial charge < -0.3 is 10.1 Å². The maximum absolute atomic E-state index is 11.8. The van der Waals surface area contributed by atoms with Gasteiger partial charge >= 0.3 is 5.97 Å². The number of carbonyl (C=O) groups excluding carboxylic acids is 1. The molecule has 3 nitrogen and oxygen atoms in total. The Morgan fingerprint density at radius 2 is 1.95 bits per heavy atom. The smallest absolute Gasteiger partial charge is 0.328 e. The van der Waals surface area contributed by atoms with Gasteiger partial charge in [0.2, 0.25) is 0 Å². The Morgan fingerprint density at radius 1 is 1.21 bits per heavy atom. The molecule has 2 aromatic carbocycles. The van der Waals surface area contributed by atoms with Crippen LogP contribution in [0, 0.1) is 5.92 Å². The number of methoxy groups -OCH3 is 1. The van der Waals surface area contributed by atoms with Crippen LogP contribution >= 0.6 is 0 Å². The van der Waals surface area contributed by atoms with Crippen LogP contribution in [0.15, 0.2) is 42.5 Å². The number of hydrogen-bond donors (Lipinski definition) is 1. The van der Waals surface area contributed by atoms with E-state index in [4.69, 9.17) is 4.74 Å². The van der Waals surface area contributed by atoms with E-state index in [0.717, 1.165) is 23.9 Å². The standard InChI is InChI=1S/C16H17NO2/c1-19-16(18)15(12-9-10-12)17-14-8-4-6-11-5-2-3-7-13(11)14/h2-8,12,15,17H,9-10H2,1H3. The van der Waals surface area contributed by atoms with E-state index in [1.54, 1.807) is 0 Å². The number of rotatable bonds is 4. The molecule has 19 heavy (non-hydrogen) atoms. The van der Waals surface area contributed by atoms with Gasteiger partial charge in [-0.15, -0.1) is 0 Å². The Labute approximate surface area is 112 Å². The summed E-state index contributed by atoms with van der Waals surface area (Å²) < 4.78 is 4.90. The largest absolute Gasteiger partial charge is 0.467 e. The Bertz CT molecular complexity index is 599. The molecule has 0 amide bonds. The summed E-state index contributed by atoms with van der Waals surface area (Å²) in [4.78, 5) is 11.8. The molecule has 3 heteroatoms. The highest BCUT2D eigenvalue weighted by molar-refractivity contribution is 5.95. The lowest BCUT2D eigenvalue weighted by atomic mass is 10.1. The van der Waals surface area contributed by atoms with Crippen molar-refractivity contribution in [3.63, 3.8) is 0 Å². The third-order valence-electron chi connectivity index (χ3n) is 3.65. The molecule has 0 aliphatic heterocycles. The fourth-order valence-corrected chi connectivity index (χ4v) is 2.44. The van der Waals surface area contributed by atoms with Gasteiger partial charge in [0, 0.05) is 11.1 Å². The van der Waals surface area contributed by atoms with E-state index in [1.807, 2.05) is 24.3 Å². The van der Waals surface area contributed by atoms with Crippen LogP contribution in [0.25, 0.3) is 10.8 Å². The molecule has 1 aliphatic carbocycles. The minimum Gasteiger partial charge on any atom is -0.467 e. The monoisotopic (exact) mass is 255 g/mol. The summed E-state index contributed by atoms with van der Waals surface area (Å²) in [6.45, 7) is 0. The second-order valence-corrected chi connectivity index (χ2v) is 5.01. The lowest BCUT2D eigenvalue weighted by Gasteiger charge is -2.18. The van der Waals surface area contributed by atoms with E-state index in [-0.39, 0.29) is 12.0 Å². The van der Waals surface area contributed by atoms with Gasteiger partial charge in [-0.1, -0.05) is 36.4 Å². The molecule has 3 rings (SSSR count). The maximum atomic E-state index is 11.8. The molecular formula is C16H17NO2. The summed E-state index contributed by atoms with van der Waals surface area (Å²) in [7, 11) is 1.45. The van der Waals surface area contributed by atoms with Crippen molar-refractivity contribution < 1.29 is 9.53 Å². The zero-order chi connectivity index (χ0) is 13.2. The first-order valence-electron chi connectivity index (χ1n) is 6.62. The molecule has 1 aliphatic rings. The summed E-state index contributed by atoms with van der Waals surface area (Å²) >= 11 is 0. The van der Waals surface area contributed by atoms with E-state index in [2.05, 4.69) is 23.5 Å². The molecule has 98 valence electrons. The molecule has 1 atom stereocenters. The van der Waals surface area contributed by atoms with Crippen LogP contribution in [0.4, 0.5) is 5.69 Å². The minimum absolute atomic E-state index is 0.171. The van der Waals surface area contributed by atoms with Gasteiger partial charge in [-0.05, 0) is 30.2 Å². The van der Waals surface area contributed by atoms with Crippen molar-refractivity contribution in [1.29, 1.82) is 0 Å². The Hall–Kier alpha value is -2.03. The highest BCUT2D eigenvalue weighted by Crippen LogP contribution is 2.36. The van der Waals surface area contributed by atoms with Crippen LogP contribution in [0.5, 0.6) is 0 Å². The van der Waals surface area contributed by atoms with E-state index in [9.17, 15) is 4.79 Å². The SMILES string of the molecule is COC(=O)C(Nc1cccc2ccccc12)C1CC1. The number of anilines is 1. The zero-order valence-electron chi connectivity index (χ0n) is 10.9. The van der Waals surface area contributed by atoms with Gasteiger partial charge in [-0.25, -0.2) is 4.79 Å². The minimum atomic E-state index is -0.226. The van der Waals surface area contributed by atoms with Crippen molar-refractivity contribution in [1.82, 2.24) is 0 Å². The van der Waals surface area contributed by atoms with Crippen molar-refractivity contribution in [3.8, 4) is 0 Å². The Balaban J connectivity index is 1.93. The number of fused-ring (bicyclic) bond motifs is 1. The molecule has 1 fully saturated rings. The predicted molar refractivity (Wildman–Crippen MR) is 76.1 cm³/mol. The quantitative estimate of drug-likeness (QED) is 0.853. The van der Waals surface area contributed by atoms with Crippen LogP contribution in [-0.2, 0) is 9.53 Å². The number of benzene rings is 2. The Kier molecular flexibility index (Phi) is 3.11. The molecule has 0 spiro atoms. The summed E-state index contributed by atoms with van der Waals surface area (Å²) in [6.07, 6.45) is 2.19. The van der Waals surface area contributed by atoms with Gasteiger partial charge in [-0.2, -0.15) is 0 Å². The third-order valence-corrected chi connectivity index (χ3v) is 3.65. The van der Waals surface area contributed by atoms with Gasteiger partial charge in [0.05, 0.1) is 7.11 Å². The molecule has 1 saturated carbocycles. The first-order valence-corrected chi connectivity index (χ1v) is 6.62. The number of nitrogens with one attached hydrogen (secondary N) is 1. The molecule has 0 saturated heterocycles. The van der Waals surface area contributed by atoms with Crippen molar-refractivity contribution in [2.24, 2.45) is 5.92 Å². The van der Waals surface area contributed by atoms with Crippen molar-refractivity contribution in [2.75, 3.05) is 12.4 Å². The van der Waals surface area contributed by atoms with Gasteiger partial charge in [0.1, 0.15) is 6.04 Å². The van der Waals surface area contributed by atoms with E-state index < -0.39 is 0 Å². The summed E-state index contributed by atoms with van der Waals surface area (Å²) in [6, 6.07) is 14.0. The highest BCUT2D eigenvalue weighted by atomic mass is 16.5. The second-order valence-electron chi connectivity index (χ2n) is 5.01. The first kappa shape index (κ1) is 12.0. The predicted octanol–water partition coefficient (Wildman–Crippen LogP) is 3.20. The van der Waals surface area contributed by atoms with Gasteiger partial charge in [0.15, 0.2) is 0 Å². The fraction of sp³-hybridized carbons (Fsp3) is 0.312. The molecule has 1 unspecified atom stereocenters. The third kappa shape index (κ3) is 2.41. The van der Waals surface area contributed by atoms with Crippen molar-refractivity contribution in [2.45, 2.75) is 18.9 Å². The maximum Gasteiger partial charge on any atom is 0.328 e. The molecule has 2 aromatic rings. The summed E-state index contributed by atoms with van der Waals surface area (Å²) in [5.41, 5.74) is 1.00. The van der Waals surface area contributed by atoms with Crippen molar-refractivity contribution >= 4 is 22.4 Å². The molecular weight excluding hydrogens is 238 g/mol. The van der Waals surface area contributed by atoms with Gasteiger partial charge in [0.25, 0.3) is 0 Å². The van der Waals surface area contributed by atoms with Crippen molar-refractivity contribution in [3.05, 3.63) is 42.5 Å². The number of esters is 1. The average Bonchev–Trinajstić information content (AvgIpc) is 3.28. The van der Waals surface area contributed by atoms with Crippen LogP contribution in [0.1, 0.15) is 12.8 Å². The lowest BCUT2D eigenvalue weighted by Crippen LogP contribution is -2.32.